The van der Waals surface area contributed by atoms with Crippen LogP contribution in [0.3, 0.4) is 0 Å². The molecule has 0 saturated heterocycles. The predicted octanol–water partition coefficient (Wildman–Crippen LogP) is 2.30. The van der Waals surface area contributed by atoms with Crippen molar-refractivity contribution in [2.75, 3.05) is 0 Å². The van der Waals surface area contributed by atoms with Gasteiger partial charge < -0.3 is 5.73 Å². The lowest BCUT2D eigenvalue weighted by Crippen LogP contribution is -2.26. The van der Waals surface area contributed by atoms with Crippen molar-refractivity contribution in [3.8, 4) is 0 Å². The average Bonchev–Trinajstić information content (AvgIpc) is 2.29. The molecule has 0 aromatic carbocycles. The molecular weight excluding hydrogens is 186 g/mol. The summed E-state index contributed by atoms with van der Waals surface area (Å²) >= 11 is 0. The number of hydrogen-bond donors (Lipinski definition) is 1. The summed E-state index contributed by atoms with van der Waals surface area (Å²) in [5.41, 5.74) is 7.39. The van der Waals surface area contributed by atoms with Gasteiger partial charge in [-0.2, -0.15) is 10.2 Å². The molecule has 3 nitrogen and oxygen atoms in total. The van der Waals surface area contributed by atoms with Gasteiger partial charge >= 0.3 is 0 Å². The molecule has 1 aromatic rings. The molecule has 1 aromatic heterocycles. The van der Waals surface area contributed by atoms with Gasteiger partial charge in [0, 0.05) is 12.2 Å². The molecular formula is C12H19N3. The molecule has 15 heavy (non-hydrogen) atoms. The Morgan fingerprint density at radius 1 is 1.40 bits per heavy atom. The maximum absolute atomic E-state index is 6.26. The molecule has 0 bridgehead atoms. The van der Waals surface area contributed by atoms with E-state index in [1.165, 1.54) is 25.7 Å². The van der Waals surface area contributed by atoms with Gasteiger partial charge in [-0.1, -0.05) is 19.8 Å². The SMILES string of the molecule is CC1CCCC(C(N)c2ccnnc2)C1. The lowest BCUT2D eigenvalue weighted by Gasteiger charge is -2.31. The molecule has 1 saturated carbocycles. The minimum atomic E-state index is 0.142. The zero-order valence-electron chi connectivity index (χ0n) is 9.26. The molecule has 1 aliphatic rings. The average molecular weight is 205 g/mol. The van der Waals surface area contributed by atoms with Crippen molar-refractivity contribution < 1.29 is 0 Å². The van der Waals surface area contributed by atoms with Gasteiger partial charge in [0.15, 0.2) is 0 Å². The van der Waals surface area contributed by atoms with E-state index in [4.69, 9.17) is 5.73 Å². The summed E-state index contributed by atoms with van der Waals surface area (Å²) in [6.07, 6.45) is 8.71. The summed E-state index contributed by atoms with van der Waals surface area (Å²) in [4.78, 5) is 0. The monoisotopic (exact) mass is 205 g/mol. The minimum Gasteiger partial charge on any atom is -0.324 e. The first-order valence-corrected chi connectivity index (χ1v) is 5.79. The Morgan fingerprint density at radius 2 is 2.27 bits per heavy atom. The van der Waals surface area contributed by atoms with Crippen molar-refractivity contribution in [1.29, 1.82) is 0 Å². The topological polar surface area (TPSA) is 51.8 Å². The Hall–Kier alpha value is -0.960. The second-order valence-corrected chi connectivity index (χ2v) is 4.73. The fraction of sp³-hybridized carbons (Fsp3) is 0.667. The van der Waals surface area contributed by atoms with Crippen molar-refractivity contribution in [2.45, 2.75) is 38.6 Å². The summed E-state index contributed by atoms with van der Waals surface area (Å²) < 4.78 is 0. The molecule has 0 amide bonds. The summed E-state index contributed by atoms with van der Waals surface area (Å²) in [6, 6.07) is 2.12. The Kier molecular flexibility index (Phi) is 3.31. The Balaban J connectivity index is 2.04. The van der Waals surface area contributed by atoms with Crippen molar-refractivity contribution in [3.63, 3.8) is 0 Å². The third-order valence-corrected chi connectivity index (χ3v) is 3.48. The van der Waals surface area contributed by atoms with Crippen molar-refractivity contribution >= 4 is 0 Å². The molecule has 3 heteroatoms. The van der Waals surface area contributed by atoms with Crippen molar-refractivity contribution in [1.82, 2.24) is 10.2 Å². The first-order chi connectivity index (χ1) is 7.27. The highest BCUT2D eigenvalue weighted by Crippen LogP contribution is 2.35. The maximum Gasteiger partial charge on any atom is 0.0544 e. The largest absolute Gasteiger partial charge is 0.324 e. The van der Waals surface area contributed by atoms with Crippen LogP contribution in [-0.2, 0) is 0 Å². The van der Waals surface area contributed by atoms with Crippen LogP contribution in [-0.4, -0.2) is 10.2 Å². The molecule has 1 heterocycles. The fourth-order valence-electron chi connectivity index (χ4n) is 2.58. The molecule has 0 spiro atoms. The van der Waals surface area contributed by atoms with E-state index in [-0.39, 0.29) is 6.04 Å². The second kappa shape index (κ2) is 4.71. The minimum absolute atomic E-state index is 0.142. The van der Waals surface area contributed by atoms with Gasteiger partial charge in [-0.05, 0) is 36.3 Å². The van der Waals surface area contributed by atoms with Gasteiger partial charge in [0.25, 0.3) is 0 Å². The molecule has 1 fully saturated rings. The third kappa shape index (κ3) is 2.53. The van der Waals surface area contributed by atoms with Crippen LogP contribution in [0.4, 0.5) is 0 Å². The van der Waals surface area contributed by atoms with Gasteiger partial charge in [-0.25, -0.2) is 0 Å². The molecule has 3 atom stereocenters. The molecule has 0 aliphatic heterocycles. The number of nitrogens with two attached hydrogens (primary N) is 1. The molecule has 2 rings (SSSR count). The summed E-state index contributed by atoms with van der Waals surface area (Å²) in [5, 5.41) is 7.67. The summed E-state index contributed by atoms with van der Waals surface area (Å²) in [5.74, 6) is 1.45. The fourth-order valence-corrected chi connectivity index (χ4v) is 2.58. The summed E-state index contributed by atoms with van der Waals surface area (Å²) in [7, 11) is 0. The van der Waals surface area contributed by atoms with Crippen LogP contribution in [0, 0.1) is 11.8 Å². The van der Waals surface area contributed by atoms with E-state index in [0.29, 0.717) is 5.92 Å². The number of rotatable bonds is 2. The van der Waals surface area contributed by atoms with Gasteiger partial charge in [0.1, 0.15) is 0 Å². The normalized spacial score (nSPS) is 28.7. The number of hydrogen-bond acceptors (Lipinski definition) is 3. The molecule has 82 valence electrons. The van der Waals surface area contributed by atoms with E-state index < -0.39 is 0 Å². The Morgan fingerprint density at radius 3 is 2.93 bits per heavy atom. The molecule has 2 N–H and O–H groups in total. The third-order valence-electron chi connectivity index (χ3n) is 3.48. The van der Waals surface area contributed by atoms with E-state index in [1.807, 2.05) is 6.07 Å². The highest BCUT2D eigenvalue weighted by atomic mass is 15.1. The van der Waals surface area contributed by atoms with Crippen LogP contribution < -0.4 is 5.73 Å². The molecule has 3 unspecified atom stereocenters. The second-order valence-electron chi connectivity index (χ2n) is 4.73. The van der Waals surface area contributed by atoms with E-state index in [0.717, 1.165) is 11.5 Å². The quantitative estimate of drug-likeness (QED) is 0.806. The van der Waals surface area contributed by atoms with Crippen molar-refractivity contribution in [2.24, 2.45) is 17.6 Å². The molecule has 1 aliphatic carbocycles. The van der Waals surface area contributed by atoms with Crippen LogP contribution >= 0.6 is 0 Å². The van der Waals surface area contributed by atoms with Gasteiger partial charge in [0.2, 0.25) is 0 Å². The standard InChI is InChI=1S/C12H19N3/c1-9-3-2-4-10(7-9)12(13)11-5-6-14-15-8-11/h5-6,8-10,12H,2-4,7,13H2,1H3. The Labute approximate surface area is 91.1 Å². The van der Waals surface area contributed by atoms with Crippen molar-refractivity contribution in [3.05, 3.63) is 24.0 Å². The summed E-state index contributed by atoms with van der Waals surface area (Å²) in [6.45, 7) is 2.32. The van der Waals surface area contributed by atoms with E-state index in [2.05, 4.69) is 17.1 Å². The first-order valence-electron chi connectivity index (χ1n) is 5.79. The zero-order chi connectivity index (χ0) is 10.7. The van der Waals surface area contributed by atoms with Gasteiger partial charge in [-0.15, -0.1) is 0 Å². The van der Waals surface area contributed by atoms with E-state index in [1.54, 1.807) is 12.4 Å². The predicted molar refractivity (Wildman–Crippen MR) is 60.1 cm³/mol. The highest BCUT2D eigenvalue weighted by molar-refractivity contribution is 5.12. The maximum atomic E-state index is 6.26. The van der Waals surface area contributed by atoms with Gasteiger partial charge in [-0.3, -0.25) is 0 Å². The van der Waals surface area contributed by atoms with Crippen LogP contribution in [0.2, 0.25) is 0 Å². The number of nitrogens with zero attached hydrogens (tertiary/aromatic N) is 2. The van der Waals surface area contributed by atoms with Crippen LogP contribution in [0.1, 0.15) is 44.2 Å². The van der Waals surface area contributed by atoms with Crippen LogP contribution in [0.25, 0.3) is 0 Å². The zero-order valence-corrected chi connectivity index (χ0v) is 9.26. The van der Waals surface area contributed by atoms with Crippen LogP contribution in [0.15, 0.2) is 18.5 Å². The Bertz CT molecular complexity index is 299. The smallest absolute Gasteiger partial charge is 0.0544 e. The first kappa shape index (κ1) is 10.6. The number of aromatic nitrogens is 2. The van der Waals surface area contributed by atoms with E-state index >= 15 is 0 Å². The lowest BCUT2D eigenvalue weighted by atomic mass is 9.77. The lowest BCUT2D eigenvalue weighted by molar-refractivity contribution is 0.247. The van der Waals surface area contributed by atoms with Crippen LogP contribution in [0.5, 0.6) is 0 Å². The van der Waals surface area contributed by atoms with E-state index in [9.17, 15) is 0 Å². The van der Waals surface area contributed by atoms with Gasteiger partial charge in [0.05, 0.1) is 6.20 Å². The molecule has 0 radical (unpaired) electrons. The highest BCUT2D eigenvalue weighted by Gasteiger charge is 2.25.